The van der Waals surface area contributed by atoms with E-state index in [0.29, 0.717) is 6.07 Å². The zero-order valence-corrected chi connectivity index (χ0v) is 17.6. The van der Waals surface area contributed by atoms with Gasteiger partial charge in [0, 0.05) is 5.39 Å². The Hall–Kier alpha value is -2.95. The molecular formula is C16H13N3O9S3. The minimum atomic E-state index is -5.03. The van der Waals surface area contributed by atoms with Gasteiger partial charge in [0.15, 0.2) is 0 Å². The predicted octanol–water partition coefficient (Wildman–Crippen LogP) is 2.58. The van der Waals surface area contributed by atoms with Crippen LogP contribution in [-0.4, -0.2) is 38.9 Å². The summed E-state index contributed by atoms with van der Waals surface area (Å²) in [5, 5.41) is 7.07. The molecule has 3 rings (SSSR count). The molecule has 3 aromatic rings. The van der Waals surface area contributed by atoms with E-state index in [2.05, 4.69) is 10.2 Å². The molecule has 0 aliphatic rings. The molecule has 0 spiro atoms. The van der Waals surface area contributed by atoms with E-state index in [-0.39, 0.29) is 27.8 Å². The SMILES string of the molecule is Nc1ccc2cc(S(=O)(=O)O)cc(S(=O)(=O)O)c2c1N=Nc1ccccc1S(=O)(=O)O. The first-order valence-electron chi connectivity index (χ1n) is 7.99. The lowest BCUT2D eigenvalue weighted by Crippen LogP contribution is -2.05. The van der Waals surface area contributed by atoms with Gasteiger partial charge in [0.05, 0.1) is 10.6 Å². The highest BCUT2D eigenvalue weighted by molar-refractivity contribution is 7.87. The second kappa shape index (κ2) is 7.63. The molecule has 0 aliphatic heterocycles. The Morgan fingerprint density at radius 1 is 0.710 bits per heavy atom. The number of hydrogen-bond acceptors (Lipinski definition) is 9. The quantitative estimate of drug-likeness (QED) is 0.234. The molecule has 0 fully saturated rings. The molecule has 0 heterocycles. The van der Waals surface area contributed by atoms with Gasteiger partial charge < -0.3 is 5.73 Å². The van der Waals surface area contributed by atoms with E-state index in [0.717, 1.165) is 12.1 Å². The number of fused-ring (bicyclic) bond motifs is 1. The van der Waals surface area contributed by atoms with Gasteiger partial charge >= 0.3 is 0 Å². The lowest BCUT2D eigenvalue weighted by atomic mass is 10.1. The zero-order valence-electron chi connectivity index (χ0n) is 15.1. The van der Waals surface area contributed by atoms with Crippen molar-refractivity contribution in [1.29, 1.82) is 0 Å². The molecule has 15 heteroatoms. The maximum atomic E-state index is 11.9. The maximum Gasteiger partial charge on any atom is 0.296 e. The van der Waals surface area contributed by atoms with Crippen LogP contribution in [0.1, 0.15) is 0 Å². The van der Waals surface area contributed by atoms with E-state index in [9.17, 15) is 38.9 Å². The molecule has 164 valence electrons. The first-order chi connectivity index (χ1) is 14.2. The van der Waals surface area contributed by atoms with Gasteiger partial charge in [-0.2, -0.15) is 25.3 Å². The fourth-order valence-electron chi connectivity index (χ4n) is 2.72. The number of rotatable bonds is 5. The van der Waals surface area contributed by atoms with Gasteiger partial charge in [-0.1, -0.05) is 18.2 Å². The van der Waals surface area contributed by atoms with Crippen molar-refractivity contribution in [3.05, 3.63) is 48.5 Å². The standard InChI is InChI=1S/C16H13N3O9S3/c17-11-6-5-9-7-10(29(20,21)22)8-14(31(26,27)28)15(9)16(11)19-18-12-3-1-2-4-13(12)30(23,24)25/h1-8H,17H2,(H,20,21,22)(H,23,24,25)(H,26,27,28). The van der Waals surface area contributed by atoms with Crippen molar-refractivity contribution in [2.24, 2.45) is 10.2 Å². The van der Waals surface area contributed by atoms with Crippen molar-refractivity contribution < 1.29 is 38.9 Å². The lowest BCUT2D eigenvalue weighted by molar-refractivity contribution is 0.479. The van der Waals surface area contributed by atoms with Crippen molar-refractivity contribution in [1.82, 2.24) is 0 Å². The Balaban J connectivity index is 2.38. The van der Waals surface area contributed by atoms with Gasteiger partial charge in [-0.3, -0.25) is 13.7 Å². The van der Waals surface area contributed by atoms with Crippen molar-refractivity contribution in [2.75, 3.05) is 5.73 Å². The fourth-order valence-corrected chi connectivity index (χ4v) is 4.71. The summed E-state index contributed by atoms with van der Waals surface area (Å²) in [6.45, 7) is 0. The minimum Gasteiger partial charge on any atom is -0.397 e. The fraction of sp³-hybridized carbons (Fsp3) is 0. The van der Waals surface area contributed by atoms with E-state index >= 15 is 0 Å². The van der Waals surface area contributed by atoms with Crippen LogP contribution in [0, 0.1) is 0 Å². The van der Waals surface area contributed by atoms with Gasteiger partial charge in [-0.25, -0.2) is 0 Å². The van der Waals surface area contributed by atoms with Crippen molar-refractivity contribution in [3.8, 4) is 0 Å². The molecule has 0 atom stereocenters. The molecule has 0 saturated heterocycles. The molecule has 0 amide bonds. The topological polar surface area (TPSA) is 214 Å². The third-order valence-corrected chi connectivity index (χ3v) is 6.65. The van der Waals surface area contributed by atoms with Gasteiger partial charge in [-0.15, -0.1) is 10.2 Å². The van der Waals surface area contributed by atoms with Crippen LogP contribution in [0.15, 0.2) is 73.4 Å². The van der Waals surface area contributed by atoms with Gasteiger partial charge in [0.1, 0.15) is 21.2 Å². The summed E-state index contributed by atoms with van der Waals surface area (Å²) in [6.07, 6.45) is 0. The van der Waals surface area contributed by atoms with Gasteiger partial charge in [0.2, 0.25) is 0 Å². The number of azo groups is 1. The van der Waals surface area contributed by atoms with E-state index in [1.54, 1.807) is 0 Å². The van der Waals surface area contributed by atoms with Gasteiger partial charge in [-0.05, 0) is 35.7 Å². The maximum absolute atomic E-state index is 11.9. The van der Waals surface area contributed by atoms with Crippen LogP contribution in [-0.2, 0) is 30.4 Å². The van der Waals surface area contributed by atoms with Crippen molar-refractivity contribution >= 4 is 58.2 Å². The summed E-state index contributed by atoms with van der Waals surface area (Å²) < 4.78 is 97.9. The van der Waals surface area contributed by atoms with Crippen LogP contribution in [0.4, 0.5) is 17.1 Å². The molecule has 0 saturated carbocycles. The second-order valence-electron chi connectivity index (χ2n) is 6.12. The highest BCUT2D eigenvalue weighted by atomic mass is 32.2. The average molecular weight is 487 g/mol. The molecule has 0 radical (unpaired) electrons. The van der Waals surface area contributed by atoms with Gasteiger partial charge in [0.25, 0.3) is 30.4 Å². The van der Waals surface area contributed by atoms with Crippen molar-refractivity contribution in [3.63, 3.8) is 0 Å². The molecule has 0 aromatic heterocycles. The number of nitrogen functional groups attached to an aromatic ring is 1. The monoisotopic (exact) mass is 487 g/mol. The Morgan fingerprint density at radius 2 is 1.32 bits per heavy atom. The largest absolute Gasteiger partial charge is 0.397 e. The molecule has 3 aromatic carbocycles. The normalized spacial score (nSPS) is 13.1. The molecule has 5 N–H and O–H groups in total. The number of anilines is 1. The summed E-state index contributed by atoms with van der Waals surface area (Å²) in [7, 11) is -14.5. The van der Waals surface area contributed by atoms with Crippen molar-refractivity contribution in [2.45, 2.75) is 14.7 Å². The molecule has 12 nitrogen and oxygen atoms in total. The highest BCUT2D eigenvalue weighted by Gasteiger charge is 2.23. The Morgan fingerprint density at radius 3 is 1.90 bits per heavy atom. The summed E-state index contributed by atoms with van der Waals surface area (Å²) >= 11 is 0. The van der Waals surface area contributed by atoms with E-state index in [4.69, 9.17) is 5.73 Å². The first kappa shape index (κ1) is 22.7. The van der Waals surface area contributed by atoms with E-state index in [1.807, 2.05) is 0 Å². The van der Waals surface area contributed by atoms with Crippen LogP contribution in [0.3, 0.4) is 0 Å². The Labute approximate surface area is 176 Å². The first-order valence-corrected chi connectivity index (χ1v) is 12.3. The molecular weight excluding hydrogens is 474 g/mol. The molecule has 31 heavy (non-hydrogen) atoms. The zero-order chi connectivity index (χ0) is 23.2. The molecule has 0 aliphatic carbocycles. The summed E-state index contributed by atoms with van der Waals surface area (Å²) in [6, 6.07) is 8.86. The third-order valence-electron chi connectivity index (χ3n) is 4.04. The third kappa shape index (κ3) is 4.71. The number of nitrogens with two attached hydrogens (primary N) is 1. The summed E-state index contributed by atoms with van der Waals surface area (Å²) in [5.41, 5.74) is 5.06. The van der Waals surface area contributed by atoms with E-state index < -0.39 is 45.0 Å². The number of hydrogen-bond donors (Lipinski definition) is 4. The van der Waals surface area contributed by atoms with Crippen LogP contribution in [0.2, 0.25) is 0 Å². The summed E-state index contributed by atoms with van der Waals surface area (Å²) in [4.78, 5) is -2.32. The average Bonchev–Trinajstić information content (AvgIpc) is 2.64. The summed E-state index contributed by atoms with van der Waals surface area (Å²) in [5.74, 6) is 0. The van der Waals surface area contributed by atoms with E-state index in [1.165, 1.54) is 30.3 Å². The van der Waals surface area contributed by atoms with Crippen LogP contribution in [0.25, 0.3) is 10.8 Å². The molecule has 0 unspecified atom stereocenters. The van der Waals surface area contributed by atoms with Crippen LogP contribution < -0.4 is 5.73 Å². The second-order valence-corrected chi connectivity index (χ2v) is 10.3. The molecule has 0 bridgehead atoms. The minimum absolute atomic E-state index is 0.0889. The smallest absolute Gasteiger partial charge is 0.296 e. The Kier molecular flexibility index (Phi) is 5.59. The van der Waals surface area contributed by atoms with Crippen LogP contribution in [0.5, 0.6) is 0 Å². The highest BCUT2D eigenvalue weighted by Crippen LogP contribution is 2.39. The number of nitrogens with zero attached hydrogens (tertiary/aromatic N) is 2. The number of benzene rings is 3. The Bertz CT molecular complexity index is 1560. The van der Waals surface area contributed by atoms with Crippen LogP contribution >= 0.6 is 0 Å². The lowest BCUT2D eigenvalue weighted by Gasteiger charge is -2.11. The predicted molar refractivity (Wildman–Crippen MR) is 108 cm³/mol.